The molecule has 1 aliphatic rings. The Labute approximate surface area is 88.6 Å². The summed E-state index contributed by atoms with van der Waals surface area (Å²) >= 11 is 0. The van der Waals surface area contributed by atoms with Crippen LogP contribution in [-0.4, -0.2) is 34.6 Å². The molecule has 4 nitrogen and oxygen atoms in total. The zero-order chi connectivity index (χ0) is 11.0. The molecule has 2 heterocycles. The number of nitrogens with zero attached hydrogens (tertiary/aromatic N) is 2. The summed E-state index contributed by atoms with van der Waals surface area (Å²) < 4.78 is 0. The van der Waals surface area contributed by atoms with Gasteiger partial charge >= 0.3 is 5.97 Å². The number of fused-ring (bicyclic) bond motifs is 1. The number of aromatic nitrogens is 1. The second-order valence-corrected chi connectivity index (χ2v) is 4.01. The maximum atomic E-state index is 11.0. The number of carboxylic acids is 1. The van der Waals surface area contributed by atoms with E-state index in [1.807, 2.05) is 14.0 Å². The first kappa shape index (κ1) is 10.1. The van der Waals surface area contributed by atoms with Gasteiger partial charge in [-0.25, -0.2) is 4.79 Å². The molecule has 0 spiro atoms. The van der Waals surface area contributed by atoms with Gasteiger partial charge in [0.2, 0.25) is 0 Å². The fraction of sp³-hybridized carbons (Fsp3) is 0.455. The zero-order valence-corrected chi connectivity index (χ0v) is 8.95. The fourth-order valence-corrected chi connectivity index (χ4v) is 2.03. The van der Waals surface area contributed by atoms with Crippen molar-refractivity contribution in [1.82, 2.24) is 9.88 Å². The van der Waals surface area contributed by atoms with Gasteiger partial charge in [0.05, 0.1) is 5.56 Å². The van der Waals surface area contributed by atoms with E-state index in [0.29, 0.717) is 5.56 Å². The van der Waals surface area contributed by atoms with E-state index in [1.165, 1.54) is 6.20 Å². The van der Waals surface area contributed by atoms with Crippen LogP contribution in [0.1, 0.15) is 27.2 Å². The van der Waals surface area contributed by atoms with Crippen LogP contribution in [0.3, 0.4) is 0 Å². The Kier molecular flexibility index (Phi) is 2.44. The lowest BCUT2D eigenvalue weighted by molar-refractivity contribution is 0.0694. The third-order valence-electron chi connectivity index (χ3n) is 2.92. The average Bonchev–Trinajstić information content (AvgIpc) is 2.19. The highest BCUT2D eigenvalue weighted by Crippen LogP contribution is 2.23. The van der Waals surface area contributed by atoms with Gasteiger partial charge in [-0.05, 0) is 31.5 Å². The minimum atomic E-state index is -0.872. The molecule has 0 bridgehead atoms. The molecule has 1 N–H and O–H groups in total. The van der Waals surface area contributed by atoms with E-state index in [1.54, 1.807) is 0 Å². The van der Waals surface area contributed by atoms with Gasteiger partial charge in [0.15, 0.2) is 0 Å². The normalized spacial score (nSPS) is 16.1. The first-order chi connectivity index (χ1) is 7.09. The Morgan fingerprint density at radius 2 is 2.27 bits per heavy atom. The molecule has 2 rings (SSSR count). The van der Waals surface area contributed by atoms with E-state index >= 15 is 0 Å². The topological polar surface area (TPSA) is 53.4 Å². The maximum Gasteiger partial charge on any atom is 0.337 e. The standard InChI is InChI=1S/C11H14N2O2/c1-7-10-6-13(2)4-3-8(10)9(5-12-7)11(14)15/h5H,3-4,6H2,1-2H3,(H,14,15). The van der Waals surface area contributed by atoms with Crippen LogP contribution < -0.4 is 0 Å². The van der Waals surface area contributed by atoms with Gasteiger partial charge in [0, 0.05) is 25.0 Å². The average molecular weight is 206 g/mol. The number of rotatable bonds is 1. The van der Waals surface area contributed by atoms with Gasteiger partial charge < -0.3 is 10.0 Å². The highest BCUT2D eigenvalue weighted by molar-refractivity contribution is 5.89. The Morgan fingerprint density at radius 1 is 1.53 bits per heavy atom. The zero-order valence-electron chi connectivity index (χ0n) is 8.95. The Morgan fingerprint density at radius 3 is 2.93 bits per heavy atom. The largest absolute Gasteiger partial charge is 0.478 e. The molecule has 0 aliphatic carbocycles. The minimum absolute atomic E-state index is 0.365. The fourth-order valence-electron chi connectivity index (χ4n) is 2.03. The van der Waals surface area contributed by atoms with Gasteiger partial charge in [-0.2, -0.15) is 0 Å². The van der Waals surface area contributed by atoms with Crippen molar-refractivity contribution in [3.8, 4) is 0 Å². The smallest absolute Gasteiger partial charge is 0.337 e. The van der Waals surface area contributed by atoms with E-state index in [4.69, 9.17) is 5.11 Å². The van der Waals surface area contributed by atoms with Crippen LogP contribution >= 0.6 is 0 Å². The van der Waals surface area contributed by atoms with E-state index in [0.717, 1.165) is 36.3 Å². The molecule has 0 fully saturated rings. The van der Waals surface area contributed by atoms with Gasteiger partial charge in [0.1, 0.15) is 0 Å². The van der Waals surface area contributed by atoms with Crippen molar-refractivity contribution in [1.29, 1.82) is 0 Å². The number of pyridine rings is 1. The van der Waals surface area contributed by atoms with Gasteiger partial charge in [0.25, 0.3) is 0 Å². The van der Waals surface area contributed by atoms with Crippen molar-refractivity contribution in [3.63, 3.8) is 0 Å². The van der Waals surface area contributed by atoms with Crippen molar-refractivity contribution in [2.24, 2.45) is 0 Å². The summed E-state index contributed by atoms with van der Waals surface area (Å²) in [5.41, 5.74) is 3.36. The third-order valence-corrected chi connectivity index (χ3v) is 2.92. The van der Waals surface area contributed by atoms with Crippen LogP contribution in [0.4, 0.5) is 0 Å². The number of hydrogen-bond acceptors (Lipinski definition) is 3. The minimum Gasteiger partial charge on any atom is -0.478 e. The number of carbonyl (C=O) groups is 1. The lowest BCUT2D eigenvalue weighted by Gasteiger charge is -2.26. The SMILES string of the molecule is Cc1ncc(C(=O)O)c2c1CN(C)CC2. The molecule has 1 aromatic rings. The van der Waals surface area contributed by atoms with Crippen LogP contribution in [0.2, 0.25) is 0 Å². The van der Waals surface area contributed by atoms with Crippen molar-refractivity contribution >= 4 is 5.97 Å². The predicted octanol–water partition coefficient (Wildman–Crippen LogP) is 1.08. The van der Waals surface area contributed by atoms with E-state index in [-0.39, 0.29) is 0 Å². The maximum absolute atomic E-state index is 11.0. The molecule has 0 aromatic carbocycles. The Hall–Kier alpha value is -1.42. The summed E-state index contributed by atoms with van der Waals surface area (Å²) in [5.74, 6) is -0.872. The Balaban J connectivity index is 2.55. The molecule has 0 unspecified atom stereocenters. The van der Waals surface area contributed by atoms with Crippen LogP contribution in [-0.2, 0) is 13.0 Å². The van der Waals surface area contributed by atoms with Crippen molar-refractivity contribution in [2.45, 2.75) is 19.9 Å². The summed E-state index contributed by atoms with van der Waals surface area (Å²) in [4.78, 5) is 17.3. The number of carboxylic acid groups (broad SMARTS) is 1. The first-order valence-corrected chi connectivity index (χ1v) is 4.98. The van der Waals surface area contributed by atoms with Gasteiger partial charge in [-0.15, -0.1) is 0 Å². The quantitative estimate of drug-likeness (QED) is 0.747. The van der Waals surface area contributed by atoms with Crippen LogP contribution in [0.25, 0.3) is 0 Å². The summed E-state index contributed by atoms with van der Waals surface area (Å²) in [6.07, 6.45) is 2.28. The number of likely N-dealkylation sites (N-methyl/N-ethyl adjacent to an activating group) is 1. The predicted molar refractivity (Wildman–Crippen MR) is 56.0 cm³/mol. The molecule has 0 radical (unpaired) electrons. The number of hydrogen-bond donors (Lipinski definition) is 1. The van der Waals surface area contributed by atoms with Gasteiger partial charge in [-0.1, -0.05) is 0 Å². The molecule has 0 saturated carbocycles. The van der Waals surface area contributed by atoms with Crippen LogP contribution in [0.5, 0.6) is 0 Å². The van der Waals surface area contributed by atoms with E-state index in [2.05, 4.69) is 9.88 Å². The summed E-state index contributed by atoms with van der Waals surface area (Å²) in [6, 6.07) is 0. The molecule has 0 amide bonds. The highest BCUT2D eigenvalue weighted by atomic mass is 16.4. The Bertz CT molecular complexity index is 415. The van der Waals surface area contributed by atoms with E-state index < -0.39 is 5.97 Å². The second kappa shape index (κ2) is 3.62. The van der Waals surface area contributed by atoms with Gasteiger partial charge in [-0.3, -0.25) is 4.98 Å². The third kappa shape index (κ3) is 1.72. The summed E-state index contributed by atoms with van der Waals surface area (Å²) in [6.45, 7) is 3.65. The molecule has 0 saturated heterocycles. The number of aromatic carboxylic acids is 1. The van der Waals surface area contributed by atoms with Crippen molar-refractivity contribution in [3.05, 3.63) is 28.6 Å². The first-order valence-electron chi connectivity index (χ1n) is 4.98. The second-order valence-electron chi connectivity index (χ2n) is 4.01. The molecule has 80 valence electrons. The lowest BCUT2D eigenvalue weighted by Crippen LogP contribution is -2.29. The molecular formula is C11H14N2O2. The lowest BCUT2D eigenvalue weighted by atomic mass is 9.95. The molecule has 15 heavy (non-hydrogen) atoms. The van der Waals surface area contributed by atoms with Crippen molar-refractivity contribution < 1.29 is 9.90 Å². The monoisotopic (exact) mass is 206 g/mol. The number of aryl methyl sites for hydroxylation is 1. The molecular weight excluding hydrogens is 192 g/mol. The molecule has 1 aromatic heterocycles. The van der Waals surface area contributed by atoms with E-state index in [9.17, 15) is 4.79 Å². The van der Waals surface area contributed by atoms with Crippen molar-refractivity contribution in [2.75, 3.05) is 13.6 Å². The molecule has 4 heteroatoms. The van der Waals surface area contributed by atoms with Crippen LogP contribution in [0.15, 0.2) is 6.20 Å². The molecule has 1 aliphatic heterocycles. The summed E-state index contributed by atoms with van der Waals surface area (Å²) in [7, 11) is 2.04. The van der Waals surface area contributed by atoms with Crippen LogP contribution in [0, 0.1) is 6.92 Å². The molecule has 0 atom stereocenters. The highest BCUT2D eigenvalue weighted by Gasteiger charge is 2.21. The summed E-state index contributed by atoms with van der Waals surface area (Å²) in [5, 5.41) is 9.04.